The zero-order valence-electron chi connectivity index (χ0n) is 11.5. The Kier molecular flexibility index (Phi) is 5.01. The first kappa shape index (κ1) is 14.1. The van der Waals surface area contributed by atoms with Crippen LogP contribution in [0, 0.1) is 0 Å². The molecule has 19 heavy (non-hydrogen) atoms. The highest BCUT2D eigenvalue weighted by molar-refractivity contribution is 5.67. The van der Waals surface area contributed by atoms with E-state index in [1.54, 1.807) is 4.90 Å². The van der Waals surface area contributed by atoms with Crippen LogP contribution in [0.2, 0.25) is 0 Å². The van der Waals surface area contributed by atoms with Gasteiger partial charge in [-0.25, -0.2) is 4.79 Å². The molecule has 0 aromatic carbocycles. The van der Waals surface area contributed by atoms with Crippen LogP contribution < -0.4 is 5.32 Å². The molecule has 0 bridgehead atoms. The average Bonchev–Trinajstić information content (AvgIpc) is 2.48. The number of hydrogen-bond donors (Lipinski definition) is 1. The zero-order valence-corrected chi connectivity index (χ0v) is 11.5. The van der Waals surface area contributed by atoms with Gasteiger partial charge < -0.3 is 15.0 Å². The van der Waals surface area contributed by atoms with E-state index in [4.69, 9.17) is 4.74 Å². The van der Waals surface area contributed by atoms with Gasteiger partial charge in [0, 0.05) is 38.3 Å². The number of piperazine rings is 1. The van der Waals surface area contributed by atoms with E-state index in [1.807, 2.05) is 0 Å². The molecule has 1 aliphatic heterocycles. The van der Waals surface area contributed by atoms with Crippen molar-refractivity contribution < 1.29 is 14.3 Å². The Labute approximate surface area is 114 Å². The third-order valence-corrected chi connectivity index (χ3v) is 4.26. The molecular weight excluding hydrogens is 246 g/mol. The lowest BCUT2D eigenvalue weighted by Crippen LogP contribution is -2.53. The molecule has 2 rings (SSSR count). The summed E-state index contributed by atoms with van der Waals surface area (Å²) < 4.78 is 4.74. The van der Waals surface area contributed by atoms with Crippen molar-refractivity contribution in [2.75, 3.05) is 33.3 Å². The van der Waals surface area contributed by atoms with Crippen molar-refractivity contribution in [1.29, 1.82) is 0 Å². The van der Waals surface area contributed by atoms with Gasteiger partial charge in [0.15, 0.2) is 0 Å². The van der Waals surface area contributed by atoms with Crippen LogP contribution in [0.15, 0.2) is 0 Å². The second kappa shape index (κ2) is 6.75. The third kappa shape index (κ3) is 3.59. The molecule has 1 aliphatic carbocycles. The normalized spacial score (nSPS) is 28.8. The van der Waals surface area contributed by atoms with E-state index in [0.29, 0.717) is 12.1 Å². The maximum Gasteiger partial charge on any atom is 0.409 e. The van der Waals surface area contributed by atoms with E-state index in [9.17, 15) is 9.59 Å². The van der Waals surface area contributed by atoms with Gasteiger partial charge in [0.25, 0.3) is 0 Å². The van der Waals surface area contributed by atoms with Gasteiger partial charge in [-0.15, -0.1) is 0 Å². The summed E-state index contributed by atoms with van der Waals surface area (Å²) >= 11 is 0. The molecule has 0 aromatic heterocycles. The van der Waals surface area contributed by atoms with E-state index in [1.165, 1.54) is 7.11 Å². The smallest absolute Gasteiger partial charge is 0.409 e. The average molecular weight is 269 g/mol. The number of rotatable bonds is 3. The minimum Gasteiger partial charge on any atom is -0.453 e. The van der Waals surface area contributed by atoms with E-state index in [-0.39, 0.29) is 6.09 Å². The maximum atomic E-state index is 11.4. The Morgan fingerprint density at radius 2 is 1.79 bits per heavy atom. The van der Waals surface area contributed by atoms with Gasteiger partial charge in [0.1, 0.15) is 0 Å². The lowest BCUT2D eigenvalue weighted by molar-refractivity contribution is -0.110. The number of carbonyl (C=O) groups excluding carboxylic acids is 2. The summed E-state index contributed by atoms with van der Waals surface area (Å²) in [5.41, 5.74) is 0. The van der Waals surface area contributed by atoms with Crippen LogP contribution in [-0.4, -0.2) is 67.7 Å². The fourth-order valence-electron chi connectivity index (χ4n) is 3.10. The van der Waals surface area contributed by atoms with Crippen molar-refractivity contribution >= 4 is 12.5 Å². The predicted octanol–water partition coefficient (Wildman–Crippen LogP) is 0.428. The minimum atomic E-state index is -0.224. The van der Waals surface area contributed by atoms with E-state index in [2.05, 4.69) is 10.2 Å². The number of nitrogens with zero attached hydrogens (tertiary/aromatic N) is 2. The first-order chi connectivity index (χ1) is 9.24. The molecule has 1 saturated heterocycles. The SMILES string of the molecule is COC(=O)N1CCN(C2CCC(NC=O)CC2)CC1. The molecule has 2 aliphatic rings. The molecule has 0 radical (unpaired) electrons. The second-order valence-electron chi connectivity index (χ2n) is 5.28. The predicted molar refractivity (Wildman–Crippen MR) is 70.8 cm³/mol. The van der Waals surface area contributed by atoms with Gasteiger partial charge in [0.05, 0.1) is 7.11 Å². The van der Waals surface area contributed by atoms with Gasteiger partial charge in [-0.3, -0.25) is 9.69 Å². The summed E-state index contributed by atoms with van der Waals surface area (Å²) in [5, 5.41) is 2.87. The Bertz CT molecular complexity index is 308. The van der Waals surface area contributed by atoms with Gasteiger partial charge in [-0.05, 0) is 25.7 Å². The summed E-state index contributed by atoms with van der Waals surface area (Å²) in [4.78, 5) is 26.1. The number of hydrogen-bond acceptors (Lipinski definition) is 4. The monoisotopic (exact) mass is 269 g/mol. The van der Waals surface area contributed by atoms with Crippen LogP contribution in [0.4, 0.5) is 4.79 Å². The van der Waals surface area contributed by atoms with E-state index < -0.39 is 0 Å². The highest BCUT2D eigenvalue weighted by atomic mass is 16.5. The Morgan fingerprint density at radius 1 is 1.16 bits per heavy atom. The minimum absolute atomic E-state index is 0.224. The Balaban J connectivity index is 1.73. The summed E-state index contributed by atoms with van der Waals surface area (Å²) in [6, 6.07) is 0.953. The molecule has 0 unspecified atom stereocenters. The molecule has 0 aromatic rings. The summed E-state index contributed by atoms with van der Waals surface area (Å²) in [6.07, 6.45) is 4.95. The second-order valence-corrected chi connectivity index (χ2v) is 5.28. The summed E-state index contributed by atoms with van der Waals surface area (Å²) in [6.45, 7) is 3.34. The Hall–Kier alpha value is -1.30. The van der Waals surface area contributed by atoms with Crippen LogP contribution in [0.25, 0.3) is 0 Å². The Morgan fingerprint density at radius 3 is 2.32 bits per heavy atom. The van der Waals surface area contributed by atoms with Crippen molar-refractivity contribution in [3.05, 3.63) is 0 Å². The van der Waals surface area contributed by atoms with Gasteiger partial charge in [-0.1, -0.05) is 0 Å². The van der Waals surface area contributed by atoms with Crippen LogP contribution >= 0.6 is 0 Å². The quantitative estimate of drug-likeness (QED) is 0.755. The fraction of sp³-hybridized carbons (Fsp3) is 0.846. The van der Waals surface area contributed by atoms with Crippen LogP contribution in [-0.2, 0) is 9.53 Å². The molecule has 108 valence electrons. The topological polar surface area (TPSA) is 61.9 Å². The molecule has 0 atom stereocenters. The number of amides is 2. The molecule has 1 saturated carbocycles. The fourth-order valence-corrected chi connectivity index (χ4v) is 3.10. The molecule has 6 nitrogen and oxygen atoms in total. The molecule has 6 heteroatoms. The number of ether oxygens (including phenoxy) is 1. The highest BCUT2D eigenvalue weighted by Crippen LogP contribution is 2.24. The maximum absolute atomic E-state index is 11.4. The number of carbonyl (C=O) groups is 2. The first-order valence-electron chi connectivity index (χ1n) is 7.01. The van der Waals surface area contributed by atoms with Crippen molar-refractivity contribution in [3.63, 3.8) is 0 Å². The van der Waals surface area contributed by atoms with E-state index in [0.717, 1.165) is 58.3 Å². The summed E-state index contributed by atoms with van der Waals surface area (Å²) in [5.74, 6) is 0. The number of methoxy groups -OCH3 is 1. The molecule has 2 fully saturated rings. The zero-order chi connectivity index (χ0) is 13.7. The highest BCUT2D eigenvalue weighted by Gasteiger charge is 2.29. The largest absolute Gasteiger partial charge is 0.453 e. The lowest BCUT2D eigenvalue weighted by atomic mass is 9.90. The molecule has 0 spiro atoms. The lowest BCUT2D eigenvalue weighted by Gasteiger charge is -2.41. The van der Waals surface area contributed by atoms with Gasteiger partial charge in [0.2, 0.25) is 6.41 Å². The van der Waals surface area contributed by atoms with Crippen molar-refractivity contribution in [2.45, 2.75) is 37.8 Å². The van der Waals surface area contributed by atoms with Crippen LogP contribution in [0.5, 0.6) is 0 Å². The van der Waals surface area contributed by atoms with Gasteiger partial charge in [-0.2, -0.15) is 0 Å². The van der Waals surface area contributed by atoms with Crippen molar-refractivity contribution in [2.24, 2.45) is 0 Å². The van der Waals surface area contributed by atoms with Crippen LogP contribution in [0.3, 0.4) is 0 Å². The molecule has 1 heterocycles. The summed E-state index contributed by atoms with van der Waals surface area (Å²) in [7, 11) is 1.43. The third-order valence-electron chi connectivity index (χ3n) is 4.26. The number of nitrogens with one attached hydrogen (secondary N) is 1. The first-order valence-corrected chi connectivity index (χ1v) is 7.01. The molecule has 2 amide bonds. The molecular formula is C13H23N3O3. The van der Waals surface area contributed by atoms with E-state index >= 15 is 0 Å². The molecule has 1 N–H and O–H groups in total. The van der Waals surface area contributed by atoms with Crippen molar-refractivity contribution in [1.82, 2.24) is 15.1 Å². The van der Waals surface area contributed by atoms with Gasteiger partial charge >= 0.3 is 6.09 Å². The van der Waals surface area contributed by atoms with Crippen LogP contribution in [0.1, 0.15) is 25.7 Å². The standard InChI is InChI=1S/C13H23N3O3/c1-19-13(18)16-8-6-15(7-9-16)12-4-2-11(3-5-12)14-10-17/h10-12H,2-9H2,1H3,(H,14,17). The van der Waals surface area contributed by atoms with Crippen molar-refractivity contribution in [3.8, 4) is 0 Å².